The van der Waals surface area contributed by atoms with Gasteiger partial charge >= 0.3 is 0 Å². The van der Waals surface area contributed by atoms with Crippen LogP contribution in [0.25, 0.3) is 28.0 Å². The Morgan fingerprint density at radius 1 is 0.979 bits per heavy atom. The predicted molar refractivity (Wildman–Crippen MR) is 181 cm³/mol. The second kappa shape index (κ2) is 12.2. The van der Waals surface area contributed by atoms with Crippen LogP contribution >= 0.6 is 0 Å². The number of hydrogen-bond donors (Lipinski definition) is 1. The van der Waals surface area contributed by atoms with Crippen LogP contribution in [-0.2, 0) is 21.1 Å². The zero-order valence-electron chi connectivity index (χ0n) is 26.1. The molecule has 0 amide bonds. The van der Waals surface area contributed by atoms with Gasteiger partial charge in [-0.15, -0.1) is 0 Å². The molecule has 2 aromatic carbocycles. The van der Waals surface area contributed by atoms with Gasteiger partial charge in [-0.05, 0) is 61.9 Å². The molecule has 12 nitrogen and oxygen atoms in total. The molecule has 2 N–H and O–H groups in total. The molecular weight excluding hydrogens is 616 g/mol. The first-order chi connectivity index (χ1) is 22.7. The number of anilines is 3. The van der Waals surface area contributed by atoms with Gasteiger partial charge in [0.1, 0.15) is 0 Å². The third kappa shape index (κ3) is 6.07. The minimum absolute atomic E-state index is 0.0151. The number of aromatic nitrogens is 5. The van der Waals surface area contributed by atoms with E-state index >= 15 is 0 Å². The molecule has 0 saturated carbocycles. The van der Waals surface area contributed by atoms with Crippen molar-refractivity contribution in [2.45, 2.75) is 25.3 Å². The first kappa shape index (κ1) is 30.5. The molecule has 1 fully saturated rings. The molecule has 0 radical (unpaired) electrons. The number of carbonyl (C=O) groups excluding carboxylic acids is 1. The molecule has 47 heavy (non-hydrogen) atoms. The minimum Gasteiger partial charge on any atom is -0.378 e. The van der Waals surface area contributed by atoms with Crippen molar-refractivity contribution in [3.8, 4) is 16.9 Å². The van der Waals surface area contributed by atoms with Crippen LogP contribution in [0, 0.1) is 0 Å². The van der Waals surface area contributed by atoms with Gasteiger partial charge in [-0.1, -0.05) is 17.7 Å². The van der Waals surface area contributed by atoms with Crippen molar-refractivity contribution >= 4 is 44.2 Å². The van der Waals surface area contributed by atoms with Crippen molar-refractivity contribution in [1.29, 1.82) is 0 Å². The van der Waals surface area contributed by atoms with Crippen molar-refractivity contribution in [2.75, 3.05) is 54.1 Å². The summed E-state index contributed by atoms with van der Waals surface area (Å²) in [6, 6.07) is 14.9. The molecule has 7 rings (SSSR count). The molecule has 240 valence electrons. The lowest BCUT2D eigenvalue weighted by Crippen LogP contribution is -2.37. The number of nitrogens with two attached hydrogens (primary N) is 1. The van der Waals surface area contributed by atoms with E-state index < -0.39 is 9.84 Å². The molecule has 0 atom stereocenters. The maximum absolute atomic E-state index is 12.9. The van der Waals surface area contributed by atoms with Gasteiger partial charge in [-0.25, -0.2) is 23.4 Å². The number of hydrogen-bond acceptors (Lipinski definition) is 11. The Hall–Kier alpha value is -5.14. The quantitative estimate of drug-likeness (QED) is 0.199. The van der Waals surface area contributed by atoms with E-state index in [-0.39, 0.29) is 22.4 Å². The Bertz CT molecular complexity index is 2120. The van der Waals surface area contributed by atoms with Gasteiger partial charge in [0.2, 0.25) is 11.9 Å². The normalized spacial score (nSPS) is 15.8. The summed E-state index contributed by atoms with van der Waals surface area (Å²) in [5, 5.41) is 0.851. The lowest BCUT2D eigenvalue weighted by molar-refractivity contribution is 0.104. The highest BCUT2D eigenvalue weighted by Gasteiger charge is 2.29. The van der Waals surface area contributed by atoms with Crippen molar-refractivity contribution < 1.29 is 17.9 Å². The maximum Gasteiger partial charge on any atom is 0.228 e. The molecule has 0 unspecified atom stereocenters. The van der Waals surface area contributed by atoms with Crippen molar-refractivity contribution in [1.82, 2.24) is 24.5 Å². The largest absolute Gasteiger partial charge is 0.378 e. The van der Waals surface area contributed by atoms with E-state index in [1.807, 2.05) is 59.8 Å². The smallest absolute Gasteiger partial charge is 0.228 e. The van der Waals surface area contributed by atoms with Crippen molar-refractivity contribution in [2.24, 2.45) is 0 Å². The van der Waals surface area contributed by atoms with Crippen LogP contribution < -0.4 is 15.5 Å². The lowest BCUT2D eigenvalue weighted by atomic mass is 10.1. The van der Waals surface area contributed by atoms with Crippen LogP contribution in [0.5, 0.6) is 0 Å². The summed E-state index contributed by atoms with van der Waals surface area (Å²) in [5.74, 6) is 0.663. The number of nitrogen functional groups attached to an aromatic ring is 1. The number of fused-ring (bicyclic) bond motifs is 2. The van der Waals surface area contributed by atoms with E-state index in [2.05, 4.69) is 14.9 Å². The summed E-state index contributed by atoms with van der Waals surface area (Å²) in [6.45, 7) is 7.11. The number of morpholine rings is 1. The van der Waals surface area contributed by atoms with Crippen LogP contribution in [0.1, 0.15) is 29.8 Å². The Kier molecular flexibility index (Phi) is 7.94. The lowest BCUT2D eigenvalue weighted by Gasteiger charge is -2.31. The summed E-state index contributed by atoms with van der Waals surface area (Å²) in [4.78, 5) is 35.4. The molecule has 2 aliphatic rings. The summed E-state index contributed by atoms with van der Waals surface area (Å²) < 4.78 is 33.4. The minimum atomic E-state index is -3.44. The Balaban J connectivity index is 1.22. The molecule has 0 bridgehead atoms. The third-order valence-corrected chi connectivity index (χ3v) is 10.1. The summed E-state index contributed by atoms with van der Waals surface area (Å²) in [5.41, 5.74) is 11.8. The second-order valence-electron chi connectivity index (χ2n) is 11.9. The van der Waals surface area contributed by atoms with Gasteiger partial charge in [-0.2, -0.15) is 4.98 Å². The SMILES string of the molecule is CC(C)=CC(=O)c1ccc2c(c1)N(Cc1ccc(-n3ccc4c(-c5cnc(N)nc5)nc(N5CCOCC5)nc43)cc1)CCS2(=O)=O. The number of benzene rings is 2. The zero-order chi connectivity index (χ0) is 32.7. The molecular formula is C34H34N8O4S. The first-order valence-electron chi connectivity index (χ1n) is 15.4. The van der Waals surface area contributed by atoms with E-state index in [1.165, 1.54) is 0 Å². The van der Waals surface area contributed by atoms with Crippen LogP contribution in [0.4, 0.5) is 17.6 Å². The predicted octanol–water partition coefficient (Wildman–Crippen LogP) is 4.24. The number of allylic oxidation sites excluding steroid dienone is 2. The van der Waals surface area contributed by atoms with Gasteiger partial charge in [0.25, 0.3) is 0 Å². The maximum atomic E-state index is 12.9. The summed E-state index contributed by atoms with van der Waals surface area (Å²) in [6.07, 6.45) is 6.87. The highest BCUT2D eigenvalue weighted by Crippen LogP contribution is 2.34. The monoisotopic (exact) mass is 650 g/mol. The summed E-state index contributed by atoms with van der Waals surface area (Å²) in [7, 11) is -3.44. The highest BCUT2D eigenvalue weighted by molar-refractivity contribution is 7.91. The van der Waals surface area contributed by atoms with Gasteiger partial charge in [0.15, 0.2) is 21.3 Å². The van der Waals surface area contributed by atoms with E-state index in [1.54, 1.807) is 36.7 Å². The average Bonchev–Trinajstić information content (AvgIpc) is 3.50. The molecule has 13 heteroatoms. The third-order valence-electron chi connectivity index (χ3n) is 8.33. The van der Waals surface area contributed by atoms with Crippen LogP contribution in [0.2, 0.25) is 0 Å². The second-order valence-corrected chi connectivity index (χ2v) is 14.0. The van der Waals surface area contributed by atoms with E-state index in [9.17, 15) is 13.2 Å². The summed E-state index contributed by atoms with van der Waals surface area (Å²) >= 11 is 0. The van der Waals surface area contributed by atoms with Crippen LogP contribution in [0.15, 0.2) is 83.7 Å². The van der Waals surface area contributed by atoms with Gasteiger partial charge in [0.05, 0.1) is 35.2 Å². The standard InChI is InChI=1S/C34H34N8O4S/c1-22(2)17-29(43)24-5-8-30-28(18-24)41(13-16-47(30,44)45)21-23-3-6-26(7-4-23)42-10-9-27-31(25-19-36-33(35)37-20-25)38-34(39-32(27)42)40-11-14-46-15-12-40/h3-10,17-20H,11-16,21H2,1-2H3,(H2,35,36,37). The van der Waals surface area contributed by atoms with Crippen molar-refractivity contribution in [3.63, 3.8) is 0 Å². The number of carbonyl (C=O) groups is 1. The molecule has 0 aliphatic carbocycles. The number of nitrogens with zero attached hydrogens (tertiary/aromatic N) is 7. The topological polar surface area (TPSA) is 149 Å². The van der Waals surface area contributed by atoms with Gasteiger partial charge in [-0.3, -0.25) is 4.79 Å². The van der Waals surface area contributed by atoms with Crippen LogP contribution in [-0.4, -0.2) is 77.3 Å². The van der Waals surface area contributed by atoms with Crippen LogP contribution in [0.3, 0.4) is 0 Å². The number of sulfone groups is 1. The Labute approximate surface area is 272 Å². The molecule has 1 saturated heterocycles. The van der Waals surface area contributed by atoms with Gasteiger partial charge < -0.3 is 24.8 Å². The molecule has 2 aliphatic heterocycles. The number of ether oxygens (including phenoxy) is 1. The molecule has 5 heterocycles. The van der Waals surface area contributed by atoms with E-state index in [4.69, 9.17) is 20.4 Å². The fourth-order valence-corrected chi connectivity index (χ4v) is 7.39. The first-order valence-corrected chi connectivity index (χ1v) is 17.0. The fourth-order valence-electron chi connectivity index (χ4n) is 5.93. The van der Waals surface area contributed by atoms with Gasteiger partial charge in [0, 0.05) is 67.0 Å². The van der Waals surface area contributed by atoms with Crippen molar-refractivity contribution in [3.05, 3.63) is 89.9 Å². The van der Waals surface area contributed by atoms with E-state index in [0.717, 1.165) is 33.4 Å². The number of rotatable bonds is 7. The fraction of sp³-hybridized carbons (Fsp3) is 0.265. The molecule has 3 aromatic heterocycles. The molecule has 5 aromatic rings. The zero-order valence-corrected chi connectivity index (χ0v) is 26.9. The number of ketones is 1. The highest BCUT2D eigenvalue weighted by atomic mass is 32.2. The molecule has 0 spiro atoms. The van der Waals surface area contributed by atoms with E-state index in [0.29, 0.717) is 62.3 Å². The Morgan fingerprint density at radius 3 is 2.45 bits per heavy atom. The Morgan fingerprint density at radius 2 is 1.72 bits per heavy atom. The average molecular weight is 651 g/mol.